The van der Waals surface area contributed by atoms with E-state index in [-0.39, 0.29) is 10.8 Å². The Morgan fingerprint density at radius 3 is 2.02 bits per heavy atom. The van der Waals surface area contributed by atoms with Gasteiger partial charge in [-0.2, -0.15) is 0 Å². The summed E-state index contributed by atoms with van der Waals surface area (Å²) in [4.78, 5) is 7.23. The number of pyridine rings is 1. The minimum Gasteiger partial charge on any atom is -0.308 e. The zero-order chi connectivity index (χ0) is 28.4. The number of benzene rings is 5. The van der Waals surface area contributed by atoms with Gasteiger partial charge in [0.2, 0.25) is 0 Å². The van der Waals surface area contributed by atoms with Gasteiger partial charge in [0, 0.05) is 38.9 Å². The van der Waals surface area contributed by atoms with Crippen LogP contribution in [0, 0.1) is 0 Å². The fraction of sp³-hybridized carbons (Fsp3) is 0.154. The number of hydrogen-bond acceptors (Lipinski definition) is 2. The summed E-state index contributed by atoms with van der Waals surface area (Å²) in [7, 11) is 0. The maximum absolute atomic E-state index is 4.89. The minimum atomic E-state index is -0.188. The van der Waals surface area contributed by atoms with Crippen LogP contribution in [0.2, 0.25) is 0 Å². The third-order valence-corrected chi connectivity index (χ3v) is 9.97. The molecule has 42 heavy (non-hydrogen) atoms. The zero-order valence-corrected chi connectivity index (χ0v) is 24.3. The van der Waals surface area contributed by atoms with Crippen LogP contribution in [0.4, 0.5) is 17.2 Å². The third-order valence-electron chi connectivity index (χ3n) is 9.97. The lowest BCUT2D eigenvalue weighted by atomic mass is 9.68. The monoisotopic (exact) mass is 541 g/mol. The van der Waals surface area contributed by atoms with Crippen molar-refractivity contribution < 1.29 is 0 Å². The van der Waals surface area contributed by atoms with Crippen molar-refractivity contribution in [2.45, 2.75) is 38.5 Å². The summed E-state index contributed by atoms with van der Waals surface area (Å²) in [6, 6.07) is 40.0. The molecule has 2 aliphatic rings. The molecule has 0 fully saturated rings. The predicted octanol–water partition coefficient (Wildman–Crippen LogP) is 10.1. The summed E-state index contributed by atoms with van der Waals surface area (Å²) < 4.78 is 2.59. The molecule has 0 N–H and O–H groups in total. The van der Waals surface area contributed by atoms with Gasteiger partial charge in [-0.1, -0.05) is 107 Å². The molecule has 0 saturated carbocycles. The summed E-state index contributed by atoms with van der Waals surface area (Å²) in [6.45, 7) is 9.56. The van der Waals surface area contributed by atoms with Gasteiger partial charge in [0.25, 0.3) is 0 Å². The number of anilines is 3. The highest BCUT2D eigenvalue weighted by molar-refractivity contribution is 6.15. The summed E-state index contributed by atoms with van der Waals surface area (Å²) in [6.07, 6.45) is 1.89. The molecule has 0 spiro atoms. The molecule has 202 valence electrons. The maximum atomic E-state index is 4.89. The second kappa shape index (κ2) is 7.89. The Bertz CT molecular complexity index is 2250. The maximum Gasteiger partial charge on any atom is 0.137 e. The first-order valence-electron chi connectivity index (χ1n) is 14.8. The molecule has 3 nitrogen and oxygen atoms in total. The van der Waals surface area contributed by atoms with E-state index in [9.17, 15) is 0 Å². The Morgan fingerprint density at radius 1 is 0.571 bits per heavy atom. The molecule has 0 aliphatic carbocycles. The second-order valence-corrected chi connectivity index (χ2v) is 12.9. The number of fused-ring (bicyclic) bond motifs is 2. The lowest BCUT2D eigenvalue weighted by Crippen LogP contribution is -2.33. The lowest BCUT2D eigenvalue weighted by molar-refractivity contribution is 0.593. The molecule has 2 aromatic heterocycles. The standard InChI is InChI=1S/C39H31N3/c1-38(2)29-16-10-15-27-28-22-25(23-32-36(28)42(35(27)29)37-30(38)17-11-18-31(37)39(32,3)4)41(34-20-7-8-21-40-34)33-19-9-13-24-12-5-6-14-26(24)33/h5-23H,1-4H3. The van der Waals surface area contributed by atoms with Crippen molar-refractivity contribution in [2.24, 2.45) is 0 Å². The van der Waals surface area contributed by atoms with Crippen LogP contribution in [-0.2, 0) is 10.8 Å². The van der Waals surface area contributed by atoms with E-state index in [1.54, 1.807) is 0 Å². The Morgan fingerprint density at radius 2 is 1.21 bits per heavy atom. The summed E-state index contributed by atoms with van der Waals surface area (Å²) in [5.74, 6) is 0.909. The average molecular weight is 542 g/mol. The number of para-hydroxylation sites is 2. The number of aromatic nitrogens is 2. The molecule has 0 radical (unpaired) electrons. The SMILES string of the molecule is CC1(C)c2cccc3c2-n2c4c1cccc4c1cc(N(c4ccccn4)c4cccc5ccccc45)cc(c12)C3(C)C. The van der Waals surface area contributed by atoms with Gasteiger partial charge in [0.15, 0.2) is 0 Å². The van der Waals surface area contributed by atoms with Gasteiger partial charge >= 0.3 is 0 Å². The molecular weight excluding hydrogens is 510 g/mol. The van der Waals surface area contributed by atoms with Crippen molar-refractivity contribution in [3.63, 3.8) is 0 Å². The van der Waals surface area contributed by atoms with Crippen molar-refractivity contribution in [3.8, 4) is 5.69 Å². The summed E-state index contributed by atoms with van der Waals surface area (Å²) >= 11 is 0. The molecule has 3 heteroatoms. The van der Waals surface area contributed by atoms with E-state index < -0.39 is 0 Å². The molecule has 0 amide bonds. The van der Waals surface area contributed by atoms with Gasteiger partial charge in [-0.05, 0) is 58.0 Å². The Hall–Kier alpha value is -4.89. The zero-order valence-electron chi connectivity index (χ0n) is 24.3. The van der Waals surface area contributed by atoms with Gasteiger partial charge in [-0.25, -0.2) is 4.98 Å². The normalized spacial score (nSPS) is 15.5. The Labute approximate surface area is 245 Å². The number of hydrogen-bond donors (Lipinski definition) is 0. The molecule has 4 heterocycles. The van der Waals surface area contributed by atoms with Gasteiger partial charge in [0.05, 0.1) is 22.4 Å². The first-order valence-corrected chi connectivity index (χ1v) is 14.8. The third kappa shape index (κ3) is 2.83. The molecule has 0 bridgehead atoms. The number of rotatable bonds is 3. The van der Waals surface area contributed by atoms with Crippen LogP contribution in [0.15, 0.2) is 115 Å². The van der Waals surface area contributed by atoms with Gasteiger partial charge < -0.3 is 4.57 Å². The fourth-order valence-electron chi connectivity index (χ4n) is 7.88. The largest absolute Gasteiger partial charge is 0.308 e. The van der Waals surface area contributed by atoms with Gasteiger partial charge in [-0.3, -0.25) is 4.90 Å². The fourth-order valence-corrected chi connectivity index (χ4v) is 7.88. The first kappa shape index (κ1) is 23.8. The first-order chi connectivity index (χ1) is 20.4. The highest BCUT2D eigenvalue weighted by atomic mass is 15.2. The molecule has 0 unspecified atom stereocenters. The van der Waals surface area contributed by atoms with E-state index in [2.05, 4.69) is 140 Å². The van der Waals surface area contributed by atoms with Crippen LogP contribution in [0.5, 0.6) is 0 Å². The van der Waals surface area contributed by atoms with E-state index in [1.807, 2.05) is 12.3 Å². The highest BCUT2D eigenvalue weighted by Gasteiger charge is 2.43. The van der Waals surface area contributed by atoms with Crippen molar-refractivity contribution in [3.05, 3.63) is 138 Å². The Balaban J connectivity index is 1.46. The molecule has 9 rings (SSSR count). The van der Waals surface area contributed by atoms with E-state index in [1.165, 1.54) is 60.5 Å². The average Bonchev–Trinajstić information content (AvgIpc) is 3.34. The lowest BCUT2D eigenvalue weighted by Gasteiger charge is -2.42. The minimum absolute atomic E-state index is 0.0887. The van der Waals surface area contributed by atoms with Crippen molar-refractivity contribution in [2.75, 3.05) is 4.90 Å². The second-order valence-electron chi connectivity index (χ2n) is 12.9. The van der Waals surface area contributed by atoms with Crippen LogP contribution in [-0.4, -0.2) is 9.55 Å². The van der Waals surface area contributed by atoms with Crippen molar-refractivity contribution in [1.29, 1.82) is 0 Å². The molecule has 5 aromatic carbocycles. The number of nitrogens with zero attached hydrogens (tertiary/aromatic N) is 3. The molecule has 2 aliphatic heterocycles. The summed E-state index contributed by atoms with van der Waals surface area (Å²) in [5, 5.41) is 5.04. The topological polar surface area (TPSA) is 21.1 Å². The van der Waals surface area contributed by atoms with Crippen molar-refractivity contribution in [1.82, 2.24) is 9.55 Å². The predicted molar refractivity (Wildman–Crippen MR) is 175 cm³/mol. The van der Waals surface area contributed by atoms with Crippen LogP contribution in [0.25, 0.3) is 38.3 Å². The van der Waals surface area contributed by atoms with Crippen LogP contribution >= 0.6 is 0 Å². The molecular formula is C39H31N3. The Kier molecular flexibility index (Phi) is 4.47. The van der Waals surface area contributed by atoms with Crippen molar-refractivity contribution >= 4 is 49.8 Å². The van der Waals surface area contributed by atoms with E-state index in [0.29, 0.717) is 0 Å². The molecule has 7 aromatic rings. The highest BCUT2D eigenvalue weighted by Crippen LogP contribution is 2.56. The quantitative estimate of drug-likeness (QED) is 0.222. The smallest absolute Gasteiger partial charge is 0.137 e. The van der Waals surface area contributed by atoms with Crippen LogP contribution in [0.3, 0.4) is 0 Å². The van der Waals surface area contributed by atoms with E-state index in [4.69, 9.17) is 4.98 Å². The van der Waals surface area contributed by atoms with E-state index >= 15 is 0 Å². The van der Waals surface area contributed by atoms with E-state index in [0.717, 1.165) is 17.2 Å². The van der Waals surface area contributed by atoms with Gasteiger partial charge in [-0.15, -0.1) is 0 Å². The summed E-state index contributed by atoms with van der Waals surface area (Å²) in [5.41, 5.74) is 11.6. The molecule has 0 atom stereocenters. The van der Waals surface area contributed by atoms with Crippen LogP contribution in [0.1, 0.15) is 49.9 Å². The van der Waals surface area contributed by atoms with Crippen LogP contribution < -0.4 is 4.90 Å². The molecule has 0 saturated heterocycles. The van der Waals surface area contributed by atoms with Gasteiger partial charge in [0.1, 0.15) is 5.82 Å².